The maximum atomic E-state index is 11.0. The average Bonchev–Trinajstić information content (AvgIpc) is 3.21. The van der Waals surface area contributed by atoms with Crippen molar-refractivity contribution >= 4 is 18.2 Å². The van der Waals surface area contributed by atoms with E-state index in [2.05, 4.69) is 53.2 Å². The molecule has 3 aromatic rings. The van der Waals surface area contributed by atoms with E-state index in [0.717, 1.165) is 88.5 Å². The Morgan fingerprint density at radius 1 is 1.10 bits per heavy atom. The third kappa shape index (κ3) is 4.43. The summed E-state index contributed by atoms with van der Waals surface area (Å²) >= 11 is 0. The summed E-state index contributed by atoms with van der Waals surface area (Å²) in [6.07, 6.45) is 2.07. The normalized spacial score (nSPS) is 18.4. The molecule has 2 fully saturated rings. The molecule has 4 heterocycles. The van der Waals surface area contributed by atoms with E-state index in [4.69, 9.17) is 9.72 Å². The second kappa shape index (κ2) is 8.93. The molecule has 0 spiro atoms. The van der Waals surface area contributed by atoms with Crippen molar-refractivity contribution in [1.29, 1.82) is 0 Å². The van der Waals surface area contributed by atoms with Gasteiger partial charge in [0.15, 0.2) is 0 Å². The van der Waals surface area contributed by atoms with E-state index in [1.54, 1.807) is 0 Å². The second-order valence-electron chi connectivity index (χ2n) is 8.79. The Kier molecular flexibility index (Phi) is 5.88. The number of rotatable bonds is 5. The number of piperidine rings is 1. The summed E-state index contributed by atoms with van der Waals surface area (Å²) in [5, 5.41) is 1.18. The second-order valence-corrected chi connectivity index (χ2v) is 8.79. The Morgan fingerprint density at radius 2 is 1.84 bits per heavy atom. The van der Waals surface area contributed by atoms with Crippen LogP contribution in [0, 0.1) is 6.92 Å². The van der Waals surface area contributed by atoms with Crippen LogP contribution in [0.3, 0.4) is 0 Å². The quantitative estimate of drug-likeness (QED) is 0.645. The summed E-state index contributed by atoms with van der Waals surface area (Å²) in [5.74, 6) is 0.531. The number of hydrogen-bond donors (Lipinski definition) is 1. The fourth-order valence-electron chi connectivity index (χ4n) is 4.87. The van der Waals surface area contributed by atoms with Crippen LogP contribution < -0.4 is 0 Å². The average molecular weight is 416 g/mol. The number of aromatic amines is 1. The number of aryl methyl sites for hydroxylation is 1. The summed E-state index contributed by atoms with van der Waals surface area (Å²) in [4.78, 5) is 12.8. The fraction of sp³-hybridized carbons (Fsp3) is 0.458. The van der Waals surface area contributed by atoms with Gasteiger partial charge in [-0.15, -0.1) is 0 Å². The number of pyridine rings is 1. The van der Waals surface area contributed by atoms with Crippen LogP contribution >= 0.6 is 0 Å². The topological polar surface area (TPSA) is 61.5 Å². The first kappa shape index (κ1) is 20.4. The molecule has 1 N–H and O–H groups in total. The Morgan fingerprint density at radius 3 is 2.55 bits per heavy atom. The van der Waals surface area contributed by atoms with E-state index in [1.165, 1.54) is 16.6 Å². The zero-order chi connectivity index (χ0) is 21.2. The molecule has 2 saturated heterocycles. The molecule has 160 valence electrons. The molecule has 2 aliphatic rings. The molecule has 6 nitrogen and oxygen atoms in total. The van der Waals surface area contributed by atoms with Gasteiger partial charge in [-0.05, 0) is 0 Å². The number of hydrogen-bond acceptors (Lipinski definition) is 4. The van der Waals surface area contributed by atoms with Gasteiger partial charge in [-0.25, -0.2) is 0 Å². The predicted octanol–water partition coefficient (Wildman–Crippen LogP) is 3.51. The van der Waals surface area contributed by atoms with E-state index in [0.29, 0.717) is 5.92 Å². The van der Waals surface area contributed by atoms with Crippen LogP contribution in [0.5, 0.6) is 0 Å². The number of nitrogens with zero attached hydrogens (tertiary/aromatic N) is 3. The molecular formula is C24H29BN4O2. The van der Waals surface area contributed by atoms with E-state index in [-0.39, 0.29) is 0 Å². The van der Waals surface area contributed by atoms with Crippen LogP contribution in [-0.4, -0.2) is 66.4 Å². The Labute approximate surface area is 183 Å². The van der Waals surface area contributed by atoms with Crippen LogP contribution in [-0.2, 0) is 16.0 Å². The van der Waals surface area contributed by atoms with Crippen molar-refractivity contribution < 1.29 is 9.44 Å². The summed E-state index contributed by atoms with van der Waals surface area (Å²) in [5.41, 5.74) is 6.95. The molecule has 0 radical (unpaired) electrons. The van der Waals surface area contributed by atoms with E-state index < -0.39 is 0 Å². The molecule has 31 heavy (non-hydrogen) atoms. The monoisotopic (exact) mass is 416 g/mol. The van der Waals surface area contributed by atoms with E-state index in [9.17, 15) is 4.70 Å². The number of H-pyrrole nitrogens is 1. The first-order valence-electron chi connectivity index (χ1n) is 11.3. The van der Waals surface area contributed by atoms with Crippen molar-refractivity contribution in [3.63, 3.8) is 0 Å². The fourth-order valence-corrected chi connectivity index (χ4v) is 4.87. The summed E-state index contributed by atoms with van der Waals surface area (Å²) < 4.78 is 16.4. The molecule has 0 atom stereocenters. The first-order chi connectivity index (χ1) is 15.2. The maximum absolute atomic E-state index is 11.0. The summed E-state index contributed by atoms with van der Waals surface area (Å²) in [6, 6.07) is 13.3. The SMILES string of the molecule is Cc1cc2[nH]c(CN3CCOCC3)cc2c(-c2ccc(C3CCN(B=O)CC3)cc2)n1. The van der Waals surface area contributed by atoms with Gasteiger partial charge in [0.25, 0.3) is 0 Å². The standard InChI is InChI=1S/C24H29BN4O2/c1-17-14-23-22(15-21(27-23)16-28-10-12-31-13-11-28)24(26-17)20-4-2-18(3-5-20)19-6-8-29(25-30)9-7-19/h2-5,14-15,19,27H,6-13,16H2,1H3. The van der Waals surface area contributed by atoms with Gasteiger partial charge in [0, 0.05) is 19.6 Å². The number of fused-ring (bicyclic) bond motifs is 1. The number of aromatic nitrogens is 2. The first-order valence-corrected chi connectivity index (χ1v) is 11.3. The zero-order valence-electron chi connectivity index (χ0n) is 18.1. The summed E-state index contributed by atoms with van der Waals surface area (Å²) in [7, 11) is 0.970. The van der Waals surface area contributed by atoms with Crippen LogP contribution in [0.15, 0.2) is 36.4 Å². The van der Waals surface area contributed by atoms with E-state index in [1.807, 2.05) is 4.81 Å². The number of nitrogens with one attached hydrogen (secondary N) is 1. The van der Waals surface area contributed by atoms with Crippen molar-refractivity contribution in [3.05, 3.63) is 53.3 Å². The van der Waals surface area contributed by atoms with Crippen LogP contribution in [0.25, 0.3) is 22.2 Å². The van der Waals surface area contributed by atoms with Crippen molar-refractivity contribution in [2.24, 2.45) is 0 Å². The van der Waals surface area contributed by atoms with Crippen molar-refractivity contribution in [3.8, 4) is 11.3 Å². The molecule has 0 unspecified atom stereocenters. The Bertz CT molecular complexity index is 1050. The molecule has 1 aromatic carbocycles. The third-order valence-electron chi connectivity index (χ3n) is 6.63. The van der Waals surface area contributed by atoms with Crippen LogP contribution in [0.2, 0.25) is 0 Å². The van der Waals surface area contributed by atoms with Crippen LogP contribution in [0.4, 0.5) is 0 Å². The zero-order valence-corrected chi connectivity index (χ0v) is 18.1. The molecule has 5 rings (SSSR count). The molecule has 0 aliphatic carbocycles. The minimum absolute atomic E-state index is 0.531. The van der Waals surface area contributed by atoms with Gasteiger partial charge in [-0.1, -0.05) is 0 Å². The third-order valence-corrected chi connectivity index (χ3v) is 6.63. The van der Waals surface area contributed by atoms with Crippen molar-refractivity contribution in [2.75, 3.05) is 39.4 Å². The molecule has 0 saturated carbocycles. The molecule has 0 bridgehead atoms. The minimum atomic E-state index is 0.531. The van der Waals surface area contributed by atoms with Gasteiger partial charge in [-0.2, -0.15) is 0 Å². The molecule has 2 aromatic heterocycles. The van der Waals surface area contributed by atoms with Gasteiger partial charge in [0.2, 0.25) is 0 Å². The van der Waals surface area contributed by atoms with E-state index >= 15 is 0 Å². The van der Waals surface area contributed by atoms with Gasteiger partial charge < -0.3 is 4.74 Å². The number of benzene rings is 1. The van der Waals surface area contributed by atoms with Gasteiger partial charge in [0.1, 0.15) is 0 Å². The molecular weight excluding hydrogens is 387 g/mol. The molecule has 2 aliphatic heterocycles. The van der Waals surface area contributed by atoms with Crippen molar-refractivity contribution in [2.45, 2.75) is 32.2 Å². The molecule has 0 amide bonds. The van der Waals surface area contributed by atoms with Gasteiger partial charge in [0.05, 0.1) is 13.2 Å². The van der Waals surface area contributed by atoms with Gasteiger partial charge >= 0.3 is 141 Å². The predicted molar refractivity (Wildman–Crippen MR) is 122 cm³/mol. The van der Waals surface area contributed by atoms with Crippen LogP contribution in [0.1, 0.15) is 35.7 Å². The number of morpholine rings is 1. The Balaban J connectivity index is 1.39. The van der Waals surface area contributed by atoms with Crippen molar-refractivity contribution in [1.82, 2.24) is 19.7 Å². The number of ether oxygens (including phenoxy) is 1. The molecule has 7 heteroatoms. The summed E-state index contributed by atoms with van der Waals surface area (Å²) in [6.45, 7) is 8.25. The Hall–Kier alpha value is -2.51. The van der Waals surface area contributed by atoms with Gasteiger partial charge in [-0.3, -0.25) is 4.90 Å².